The van der Waals surface area contributed by atoms with E-state index in [1.165, 1.54) is 6.20 Å². The highest BCUT2D eigenvalue weighted by Crippen LogP contribution is 2.15. The molecule has 0 spiro atoms. The van der Waals surface area contributed by atoms with Gasteiger partial charge in [0.05, 0.1) is 12.4 Å². The van der Waals surface area contributed by atoms with Gasteiger partial charge in [0, 0.05) is 58.8 Å². The number of aromatic nitrogens is 4. The van der Waals surface area contributed by atoms with E-state index in [2.05, 4.69) is 35.1 Å². The van der Waals surface area contributed by atoms with Gasteiger partial charge in [0.2, 0.25) is 5.95 Å². The first-order valence-corrected chi connectivity index (χ1v) is 8.64. The number of hydrogen-bond acceptors (Lipinski definition) is 8. The molecule has 0 radical (unpaired) electrons. The lowest BCUT2D eigenvalue weighted by atomic mass is 10.3. The molecule has 0 unspecified atom stereocenters. The number of rotatable bonds is 7. The van der Waals surface area contributed by atoms with Gasteiger partial charge in [-0.25, -0.2) is 19.9 Å². The van der Waals surface area contributed by atoms with Crippen molar-refractivity contribution in [3.63, 3.8) is 0 Å². The van der Waals surface area contributed by atoms with Crippen LogP contribution in [0.2, 0.25) is 0 Å². The van der Waals surface area contributed by atoms with Crippen LogP contribution in [0.3, 0.4) is 0 Å². The van der Waals surface area contributed by atoms with Crippen LogP contribution in [0.1, 0.15) is 16.9 Å². The maximum absolute atomic E-state index is 12.0. The molecular weight excluding hydrogens is 334 g/mol. The van der Waals surface area contributed by atoms with E-state index in [-0.39, 0.29) is 5.91 Å². The number of piperazine rings is 1. The Kier molecular flexibility index (Phi) is 6.26. The Balaban J connectivity index is 1.51. The van der Waals surface area contributed by atoms with Crippen molar-refractivity contribution in [1.29, 1.82) is 0 Å². The second-order valence-corrected chi connectivity index (χ2v) is 5.88. The van der Waals surface area contributed by atoms with Crippen molar-refractivity contribution in [2.75, 3.05) is 56.2 Å². The minimum absolute atomic E-state index is 0.216. The smallest absolute Gasteiger partial charge is 0.271 e. The fraction of sp³-hybridized carbons (Fsp3) is 0.471. The molecule has 1 aliphatic rings. The Morgan fingerprint density at radius 3 is 2.46 bits per heavy atom. The van der Waals surface area contributed by atoms with Crippen molar-refractivity contribution >= 4 is 17.7 Å². The van der Waals surface area contributed by atoms with Crippen molar-refractivity contribution in [3.8, 4) is 0 Å². The van der Waals surface area contributed by atoms with Crippen LogP contribution in [0.15, 0.2) is 30.9 Å². The van der Waals surface area contributed by atoms with E-state index in [0.717, 1.165) is 44.4 Å². The third-order valence-corrected chi connectivity index (χ3v) is 4.12. The quantitative estimate of drug-likeness (QED) is 0.710. The zero-order chi connectivity index (χ0) is 18.2. The molecule has 0 atom stereocenters. The minimum Gasteiger partial charge on any atom is -0.385 e. The third-order valence-electron chi connectivity index (χ3n) is 4.12. The molecule has 2 aromatic heterocycles. The van der Waals surface area contributed by atoms with Gasteiger partial charge in [-0.05, 0) is 12.5 Å². The molecule has 9 nitrogen and oxygen atoms in total. The van der Waals surface area contributed by atoms with Crippen molar-refractivity contribution in [2.45, 2.75) is 6.42 Å². The summed E-state index contributed by atoms with van der Waals surface area (Å²) in [6, 6.07) is 1.81. The maximum atomic E-state index is 12.0. The van der Waals surface area contributed by atoms with Gasteiger partial charge in [-0.3, -0.25) is 4.79 Å². The van der Waals surface area contributed by atoms with Crippen LogP contribution in [-0.2, 0) is 4.74 Å². The number of methoxy groups -OCH3 is 1. The fourth-order valence-electron chi connectivity index (χ4n) is 2.70. The highest BCUT2D eigenvalue weighted by atomic mass is 16.5. The molecule has 1 amide bonds. The number of ether oxygens (including phenoxy) is 1. The molecule has 1 aliphatic heterocycles. The molecule has 3 rings (SSSR count). The SMILES string of the molecule is COCCCNC(=O)c1cnc(N2CCN(c3ncccn3)CC2)cn1. The first-order valence-electron chi connectivity index (χ1n) is 8.64. The summed E-state index contributed by atoms with van der Waals surface area (Å²) in [7, 11) is 1.64. The Bertz CT molecular complexity index is 688. The Morgan fingerprint density at radius 2 is 1.81 bits per heavy atom. The van der Waals surface area contributed by atoms with Gasteiger partial charge in [-0.15, -0.1) is 0 Å². The zero-order valence-electron chi connectivity index (χ0n) is 14.8. The van der Waals surface area contributed by atoms with Crippen LogP contribution in [0.25, 0.3) is 0 Å². The fourth-order valence-corrected chi connectivity index (χ4v) is 2.70. The second kappa shape index (κ2) is 9.04. The summed E-state index contributed by atoms with van der Waals surface area (Å²) in [4.78, 5) is 33.5. The Morgan fingerprint density at radius 1 is 1.08 bits per heavy atom. The predicted molar refractivity (Wildman–Crippen MR) is 97.3 cm³/mol. The lowest BCUT2D eigenvalue weighted by molar-refractivity contribution is 0.0943. The summed E-state index contributed by atoms with van der Waals surface area (Å²) in [5.41, 5.74) is 0.322. The predicted octanol–water partition coefficient (Wildman–Crippen LogP) is 0.360. The number of hydrogen-bond donors (Lipinski definition) is 1. The van der Waals surface area contributed by atoms with Crippen LogP contribution in [0.4, 0.5) is 11.8 Å². The van der Waals surface area contributed by atoms with Crippen molar-refractivity contribution in [1.82, 2.24) is 25.3 Å². The third kappa shape index (κ3) is 4.63. The highest BCUT2D eigenvalue weighted by molar-refractivity contribution is 5.91. The Labute approximate surface area is 152 Å². The van der Waals surface area contributed by atoms with Crippen LogP contribution >= 0.6 is 0 Å². The number of carbonyl (C=O) groups excluding carboxylic acids is 1. The van der Waals surface area contributed by atoms with Crippen LogP contribution in [0.5, 0.6) is 0 Å². The summed E-state index contributed by atoms with van der Waals surface area (Å²) >= 11 is 0. The largest absolute Gasteiger partial charge is 0.385 e. The second-order valence-electron chi connectivity index (χ2n) is 5.88. The average molecular weight is 357 g/mol. The molecule has 2 aromatic rings. The van der Waals surface area contributed by atoms with Gasteiger partial charge < -0.3 is 19.9 Å². The lowest BCUT2D eigenvalue weighted by Crippen LogP contribution is -2.47. The summed E-state index contributed by atoms with van der Waals surface area (Å²) in [5.74, 6) is 1.31. The number of amides is 1. The van der Waals surface area contributed by atoms with Gasteiger partial charge in [-0.1, -0.05) is 0 Å². The monoisotopic (exact) mass is 357 g/mol. The van der Waals surface area contributed by atoms with E-state index in [4.69, 9.17) is 4.74 Å². The number of nitrogens with one attached hydrogen (secondary N) is 1. The van der Waals surface area contributed by atoms with Gasteiger partial charge in [0.1, 0.15) is 11.5 Å². The van der Waals surface area contributed by atoms with E-state index in [1.54, 1.807) is 25.7 Å². The lowest BCUT2D eigenvalue weighted by Gasteiger charge is -2.35. The van der Waals surface area contributed by atoms with E-state index in [0.29, 0.717) is 18.8 Å². The molecule has 1 fully saturated rings. The summed E-state index contributed by atoms with van der Waals surface area (Å²) < 4.78 is 4.95. The van der Waals surface area contributed by atoms with Crippen molar-refractivity contribution < 1.29 is 9.53 Å². The molecule has 0 bridgehead atoms. The minimum atomic E-state index is -0.216. The van der Waals surface area contributed by atoms with Crippen molar-refractivity contribution in [3.05, 3.63) is 36.5 Å². The van der Waals surface area contributed by atoms with Gasteiger partial charge >= 0.3 is 0 Å². The van der Waals surface area contributed by atoms with Crippen LogP contribution < -0.4 is 15.1 Å². The molecule has 1 N–H and O–H groups in total. The van der Waals surface area contributed by atoms with E-state index in [9.17, 15) is 4.79 Å². The summed E-state index contributed by atoms with van der Waals surface area (Å²) in [6.45, 7) is 4.40. The number of nitrogens with zero attached hydrogens (tertiary/aromatic N) is 6. The standard InChI is InChI=1S/C17H23N7O2/c1-26-11-3-6-18-16(25)14-12-22-15(13-21-14)23-7-9-24(10-8-23)17-19-4-2-5-20-17/h2,4-5,12-13H,3,6-11H2,1H3,(H,18,25). The molecule has 138 valence electrons. The van der Waals surface area contributed by atoms with Crippen molar-refractivity contribution in [2.24, 2.45) is 0 Å². The van der Waals surface area contributed by atoms with Gasteiger partial charge in [-0.2, -0.15) is 0 Å². The molecule has 9 heteroatoms. The molecule has 0 aliphatic carbocycles. The van der Waals surface area contributed by atoms with Crippen LogP contribution in [0, 0.1) is 0 Å². The summed E-state index contributed by atoms with van der Waals surface area (Å²) in [6.07, 6.45) is 7.44. The first kappa shape index (κ1) is 18.0. The van der Waals surface area contributed by atoms with E-state index < -0.39 is 0 Å². The summed E-state index contributed by atoms with van der Waals surface area (Å²) in [5, 5.41) is 2.80. The van der Waals surface area contributed by atoms with E-state index in [1.807, 2.05) is 6.07 Å². The molecule has 0 saturated carbocycles. The Hall–Kier alpha value is -2.81. The maximum Gasteiger partial charge on any atom is 0.271 e. The highest BCUT2D eigenvalue weighted by Gasteiger charge is 2.20. The number of carbonyl (C=O) groups is 1. The average Bonchev–Trinajstić information content (AvgIpc) is 2.72. The molecule has 0 aromatic carbocycles. The van der Waals surface area contributed by atoms with Crippen LogP contribution in [-0.4, -0.2) is 72.3 Å². The topological polar surface area (TPSA) is 96.4 Å². The van der Waals surface area contributed by atoms with E-state index >= 15 is 0 Å². The molecule has 26 heavy (non-hydrogen) atoms. The molecular formula is C17H23N7O2. The molecule has 3 heterocycles. The molecule has 1 saturated heterocycles. The van der Waals surface area contributed by atoms with Gasteiger partial charge in [0.15, 0.2) is 0 Å². The number of anilines is 2. The normalized spacial score (nSPS) is 14.3. The zero-order valence-corrected chi connectivity index (χ0v) is 14.8. The van der Waals surface area contributed by atoms with Gasteiger partial charge in [0.25, 0.3) is 5.91 Å². The first-order chi connectivity index (χ1) is 12.8.